The SMILES string of the molecule is CCCCCCC1(CCCCCC)c2ccccc2-c2cccc(-c3c4nc(c(Br)c5ccc([nH]5)c(-c5cccc6c5C(CCCCCC)(CCCCCC)c5ccccc5-6)c5nc(c(Br)c6ccc3[nH]6)C=C5)C=C4)c21.CCCCCCC1(CCCCCC)c2ccccc2-c2cccc(-c3c4nc(cc5ccc([nH]5)c(-c5cccc6c5C(CCCCCC)(CCCCCC)c5ccccc5-6)c5nc(cc6ccc3[nH]6)C=C5)C=C4)c21. The van der Waals surface area contributed by atoms with Crippen LogP contribution in [0.25, 0.3) is 182 Å². The molecule has 22 rings (SSSR count). The van der Waals surface area contributed by atoms with Gasteiger partial charge in [0.1, 0.15) is 0 Å². The van der Waals surface area contributed by atoms with E-state index in [4.69, 9.17) is 19.9 Å². The van der Waals surface area contributed by atoms with Gasteiger partial charge in [-0.05, 0) is 304 Å². The molecule has 0 unspecified atom stereocenters. The van der Waals surface area contributed by atoms with Crippen molar-refractivity contribution in [3.63, 3.8) is 0 Å². The molecule has 10 heterocycles. The first-order valence-corrected chi connectivity index (χ1v) is 60.0. The second kappa shape index (κ2) is 47.0. The maximum Gasteiger partial charge on any atom is 0.0801 e. The van der Waals surface area contributed by atoms with E-state index in [2.05, 4.69) is 386 Å². The fourth-order valence-corrected chi connectivity index (χ4v) is 28.7. The van der Waals surface area contributed by atoms with Crippen molar-refractivity contribution in [1.29, 1.82) is 0 Å². The first-order chi connectivity index (χ1) is 73.8. The number of rotatable bonds is 44. The third kappa shape index (κ3) is 20.0. The van der Waals surface area contributed by atoms with Crippen LogP contribution in [0.5, 0.6) is 0 Å². The monoisotopic (exact) mass is 2110 g/mol. The van der Waals surface area contributed by atoms with Gasteiger partial charge >= 0.3 is 0 Å². The minimum Gasteiger partial charge on any atom is -0.355 e. The molecule has 0 atom stereocenters. The van der Waals surface area contributed by atoms with Gasteiger partial charge in [0.2, 0.25) is 0 Å². The number of aromatic amines is 4. The Morgan fingerprint density at radius 2 is 0.407 bits per heavy atom. The summed E-state index contributed by atoms with van der Waals surface area (Å²) in [5.41, 5.74) is 48.3. The largest absolute Gasteiger partial charge is 0.355 e. The van der Waals surface area contributed by atoms with E-state index in [0.717, 1.165) is 161 Å². The van der Waals surface area contributed by atoms with Gasteiger partial charge in [-0.15, -0.1) is 0 Å². The number of benzene rings is 8. The third-order valence-electron chi connectivity index (χ3n) is 34.9. The fraction of sp³-hybridized carbons (Fsp3) is 0.371. The van der Waals surface area contributed by atoms with Gasteiger partial charge in [0.25, 0.3) is 0 Å². The van der Waals surface area contributed by atoms with Crippen molar-refractivity contribution in [3.8, 4) is 89.0 Å². The van der Waals surface area contributed by atoms with Gasteiger partial charge in [-0.2, -0.15) is 0 Å². The Kier molecular flexibility index (Phi) is 32.5. The summed E-state index contributed by atoms with van der Waals surface area (Å²) in [6.07, 6.45) is 66.8. The Balaban J connectivity index is 0.000000175. The van der Waals surface area contributed by atoms with Crippen molar-refractivity contribution in [1.82, 2.24) is 39.9 Å². The second-order valence-electron chi connectivity index (χ2n) is 44.5. The van der Waals surface area contributed by atoms with E-state index < -0.39 is 0 Å². The molecule has 0 radical (unpaired) electrons. The van der Waals surface area contributed by atoms with Crippen molar-refractivity contribution in [2.75, 3.05) is 0 Å². The molecule has 6 aromatic heterocycles. The molecule has 8 aliphatic rings. The van der Waals surface area contributed by atoms with Crippen LogP contribution in [0.1, 0.15) is 402 Å². The molecule has 4 aliphatic heterocycles. The van der Waals surface area contributed by atoms with Crippen molar-refractivity contribution >= 4 is 125 Å². The number of nitrogens with zero attached hydrogens (tertiary/aromatic N) is 4. The third-order valence-corrected chi connectivity index (χ3v) is 36.5. The minimum atomic E-state index is -0.105. The van der Waals surface area contributed by atoms with E-state index in [1.54, 1.807) is 0 Å². The van der Waals surface area contributed by atoms with Crippen LogP contribution in [-0.2, 0) is 21.7 Å². The number of fused-ring (bicyclic) bond motifs is 28. The molecule has 0 amide bonds. The van der Waals surface area contributed by atoms with Gasteiger partial charge in [0.05, 0.1) is 65.5 Å². The summed E-state index contributed by atoms with van der Waals surface area (Å²) < 4.78 is 1.88. The highest BCUT2D eigenvalue weighted by atomic mass is 79.9. The first kappa shape index (κ1) is 104. The molecule has 14 aromatic rings. The molecule has 4 aliphatic carbocycles. The van der Waals surface area contributed by atoms with E-state index in [1.165, 1.54) is 328 Å². The van der Waals surface area contributed by atoms with Crippen LogP contribution in [0.4, 0.5) is 0 Å². The van der Waals surface area contributed by atoms with Crippen molar-refractivity contribution in [2.24, 2.45) is 0 Å². The normalized spacial score (nSPS) is 14.3. The van der Waals surface area contributed by atoms with E-state index >= 15 is 0 Å². The van der Waals surface area contributed by atoms with Gasteiger partial charge < -0.3 is 19.9 Å². The lowest BCUT2D eigenvalue weighted by atomic mass is 9.68. The predicted octanol–water partition coefficient (Wildman–Crippen LogP) is 42.3. The Hall–Kier alpha value is -12.1. The molecule has 10 heteroatoms. The van der Waals surface area contributed by atoms with Crippen molar-refractivity contribution in [3.05, 3.63) is 330 Å². The molecule has 0 spiro atoms. The Labute approximate surface area is 909 Å². The molecule has 0 fully saturated rings. The zero-order valence-electron chi connectivity index (χ0n) is 90.4. The van der Waals surface area contributed by atoms with Gasteiger partial charge in [-0.3, -0.25) is 0 Å². The number of aromatic nitrogens is 8. The lowest BCUT2D eigenvalue weighted by Gasteiger charge is -2.34. The summed E-state index contributed by atoms with van der Waals surface area (Å²) in [7, 11) is 0. The smallest absolute Gasteiger partial charge is 0.0801 e. The number of hydrogen-bond acceptors (Lipinski definition) is 4. The predicted molar refractivity (Wildman–Crippen MR) is 650 cm³/mol. The zero-order chi connectivity index (χ0) is 103. The van der Waals surface area contributed by atoms with Crippen LogP contribution < -0.4 is 0 Å². The fourth-order valence-electron chi connectivity index (χ4n) is 27.8. The molecule has 4 N–H and O–H groups in total. The molecule has 16 bridgehead atoms. The van der Waals surface area contributed by atoms with Crippen molar-refractivity contribution < 1.29 is 0 Å². The lowest BCUT2D eigenvalue weighted by molar-refractivity contribution is 0.402. The number of hydrogen-bond donors (Lipinski definition) is 4. The number of halogens is 2. The Bertz CT molecular complexity index is 7270. The highest BCUT2D eigenvalue weighted by molar-refractivity contribution is 9.11. The van der Waals surface area contributed by atoms with Crippen molar-refractivity contribution in [2.45, 2.75) is 334 Å². The van der Waals surface area contributed by atoms with E-state index in [0.29, 0.717) is 0 Å². The van der Waals surface area contributed by atoms with Crippen LogP contribution in [0.15, 0.2) is 239 Å². The van der Waals surface area contributed by atoms with Gasteiger partial charge in [-0.25, -0.2) is 19.9 Å². The number of H-pyrrole nitrogens is 4. The first-order valence-electron chi connectivity index (χ1n) is 58.4. The van der Waals surface area contributed by atoms with Crippen LogP contribution in [0.2, 0.25) is 0 Å². The highest BCUT2D eigenvalue weighted by Crippen LogP contribution is 2.64. The molecule has 0 saturated heterocycles. The van der Waals surface area contributed by atoms with Gasteiger partial charge in [0, 0.05) is 77.0 Å². The number of unbranched alkanes of at least 4 members (excludes halogenated alkanes) is 24. The zero-order valence-corrected chi connectivity index (χ0v) is 93.6. The molecule has 150 heavy (non-hydrogen) atoms. The van der Waals surface area contributed by atoms with Gasteiger partial charge in [0.15, 0.2) is 0 Å². The summed E-state index contributed by atoms with van der Waals surface area (Å²) in [6.45, 7) is 18.6. The maximum absolute atomic E-state index is 5.62. The molecular formula is C140H154Br2N8. The standard InChI is InChI=1S/C70H76Br2N4.C70H78N4/c1-5-9-13-21-43-69(44-22-14-10-6-2)53-33-19-17-27-47(53)49-29-25-31-51(65(49)69)63-55-35-39-59(73-55)67(71)61-41-37-57(75-61)64(58-38-42-62(76-58)68(72)60-40-36-56(63)74-60)52-32-26-30-50-48-28-18-20-34-54(48)70(66(50)52,45-23-15-11-7-3)46-24-16-12-8-4;1-5-9-13-21-43-69(44-22-14-10-6-2)59-33-19-17-27-53(59)55-29-25-31-57(67(55)69)65-61-39-35-49(71-61)47-51-37-41-63(73-51)66(64-42-38-52(74-64)48-50-36-40-62(65)72-50)58-32-26-30-56-54-28-18-20-34-60(54)70(68(56)58,45-23-15-11-7-3)46-24-16-12-8-4/h17-20,25-42,73,76H,5-16,21-24,43-46H2,1-4H3;17-20,25-42,47-48,71,74H,5-16,21-24,43-46H2,1-4H3. The Morgan fingerprint density at radius 3 is 0.673 bits per heavy atom. The Morgan fingerprint density at radius 1 is 0.193 bits per heavy atom. The summed E-state index contributed by atoms with van der Waals surface area (Å²) in [5.74, 6) is 0. The quantitative estimate of drug-likeness (QED) is 0.0285. The molecule has 768 valence electrons. The summed E-state index contributed by atoms with van der Waals surface area (Å²) in [6, 6.07) is 88.3. The average Bonchev–Trinajstić information content (AvgIpc) is 1.56. The minimum absolute atomic E-state index is 0.0781. The average molecular weight is 2110 g/mol. The van der Waals surface area contributed by atoms with E-state index in [9.17, 15) is 0 Å². The van der Waals surface area contributed by atoms with Crippen LogP contribution in [0, 0.1) is 0 Å². The van der Waals surface area contributed by atoms with Crippen LogP contribution in [-0.4, -0.2) is 39.9 Å². The van der Waals surface area contributed by atoms with E-state index in [1.807, 2.05) is 0 Å². The molecule has 8 nitrogen and oxygen atoms in total. The van der Waals surface area contributed by atoms with Crippen LogP contribution in [0.3, 0.4) is 0 Å². The topological polar surface area (TPSA) is 115 Å². The number of nitrogens with one attached hydrogen (secondary N) is 4. The van der Waals surface area contributed by atoms with Gasteiger partial charge in [-0.1, -0.05) is 431 Å². The summed E-state index contributed by atoms with van der Waals surface area (Å²) in [5, 5.41) is 0. The second-order valence-corrected chi connectivity index (χ2v) is 46.1. The molecule has 8 aromatic carbocycles. The van der Waals surface area contributed by atoms with Crippen LogP contribution >= 0.6 is 31.9 Å². The lowest BCUT2D eigenvalue weighted by Crippen LogP contribution is -2.26. The maximum atomic E-state index is 5.62. The summed E-state index contributed by atoms with van der Waals surface area (Å²) in [4.78, 5) is 38.3. The highest BCUT2D eigenvalue weighted by Gasteiger charge is 2.50. The molecular weight excluding hydrogens is 1950 g/mol. The van der Waals surface area contributed by atoms with E-state index in [-0.39, 0.29) is 21.7 Å². The summed E-state index contributed by atoms with van der Waals surface area (Å²) >= 11 is 8.34. The molecule has 0 saturated carbocycles.